The number of nitrogens with zero attached hydrogens (tertiary/aromatic N) is 6. The first kappa shape index (κ1) is 18.4. The molecular weight excluding hydrogens is 448 g/mol. The monoisotopic (exact) mass is 466 g/mol. The van der Waals surface area contributed by atoms with Gasteiger partial charge in [0.15, 0.2) is 11.5 Å². The standard InChI is InChI=1S/C21H19BrN6S/c1-11-14(4)29-21-17(11)20-24-19(26-28(20)10-23-21)16-7-5-15(6-8-16)9-27-13(3)18(22)12(2)25-27/h5-8,10H,9H2,1-4H3. The molecule has 4 heterocycles. The maximum Gasteiger partial charge on any atom is 0.182 e. The van der Waals surface area contributed by atoms with Crippen molar-refractivity contribution in [1.29, 1.82) is 0 Å². The Bertz CT molecular complexity index is 1380. The summed E-state index contributed by atoms with van der Waals surface area (Å²) in [5.74, 6) is 0.711. The lowest BCUT2D eigenvalue weighted by Gasteiger charge is -2.05. The van der Waals surface area contributed by atoms with Crippen molar-refractivity contribution in [3.8, 4) is 11.4 Å². The predicted octanol–water partition coefficient (Wildman–Crippen LogP) is 5.25. The zero-order chi connectivity index (χ0) is 20.3. The summed E-state index contributed by atoms with van der Waals surface area (Å²) in [6, 6.07) is 8.36. The third-order valence-corrected chi connectivity index (χ3v) is 7.61. The van der Waals surface area contributed by atoms with Crippen molar-refractivity contribution in [1.82, 2.24) is 29.4 Å². The number of benzene rings is 1. The Morgan fingerprint density at radius 2 is 1.79 bits per heavy atom. The van der Waals surface area contributed by atoms with Gasteiger partial charge in [-0.3, -0.25) is 4.68 Å². The van der Waals surface area contributed by atoms with E-state index in [1.54, 1.807) is 22.2 Å². The van der Waals surface area contributed by atoms with Gasteiger partial charge < -0.3 is 0 Å². The van der Waals surface area contributed by atoms with Crippen molar-refractivity contribution >= 4 is 43.1 Å². The Morgan fingerprint density at radius 1 is 1.03 bits per heavy atom. The maximum absolute atomic E-state index is 4.82. The van der Waals surface area contributed by atoms with Crippen LogP contribution < -0.4 is 0 Å². The number of hydrogen-bond acceptors (Lipinski definition) is 5. The lowest BCUT2D eigenvalue weighted by molar-refractivity contribution is 0.659. The van der Waals surface area contributed by atoms with Crippen LogP contribution >= 0.6 is 27.3 Å². The summed E-state index contributed by atoms with van der Waals surface area (Å²) in [5, 5.41) is 10.3. The summed E-state index contributed by atoms with van der Waals surface area (Å²) in [6.07, 6.45) is 1.75. The van der Waals surface area contributed by atoms with E-state index in [9.17, 15) is 0 Å². The number of hydrogen-bond donors (Lipinski definition) is 0. The third kappa shape index (κ3) is 2.98. The number of aryl methyl sites for hydroxylation is 3. The molecule has 0 aliphatic carbocycles. The SMILES string of the molecule is Cc1nn(Cc2ccc(-c3nc4c5c(C)c(C)sc5ncn4n3)cc2)c(C)c1Br. The number of rotatable bonds is 3. The molecule has 1 aromatic carbocycles. The number of halogens is 1. The molecular formula is C21H19BrN6S. The van der Waals surface area contributed by atoms with Gasteiger partial charge >= 0.3 is 0 Å². The molecule has 0 saturated heterocycles. The van der Waals surface area contributed by atoms with Crippen LogP contribution in [0.2, 0.25) is 0 Å². The number of fused-ring (bicyclic) bond motifs is 3. The zero-order valence-electron chi connectivity index (χ0n) is 16.6. The Hall–Kier alpha value is -2.58. The normalized spacial score (nSPS) is 11.8. The molecule has 5 rings (SSSR count). The third-order valence-electron chi connectivity index (χ3n) is 5.34. The van der Waals surface area contributed by atoms with Gasteiger partial charge in [0.25, 0.3) is 0 Å². The van der Waals surface area contributed by atoms with Crippen LogP contribution in [0, 0.1) is 27.7 Å². The molecule has 0 spiro atoms. The van der Waals surface area contributed by atoms with Gasteiger partial charge in [-0.15, -0.1) is 16.4 Å². The minimum atomic E-state index is 0.711. The van der Waals surface area contributed by atoms with Crippen LogP contribution in [0.1, 0.15) is 27.4 Å². The molecule has 0 atom stereocenters. The van der Waals surface area contributed by atoms with E-state index in [4.69, 9.17) is 4.98 Å². The second-order valence-corrected chi connectivity index (χ2v) is 9.25. The molecule has 0 unspecified atom stereocenters. The zero-order valence-corrected chi connectivity index (χ0v) is 19.0. The Balaban J connectivity index is 1.50. The summed E-state index contributed by atoms with van der Waals surface area (Å²) in [6.45, 7) is 9.05. The largest absolute Gasteiger partial charge is 0.264 e. The Labute approximate surface area is 180 Å². The summed E-state index contributed by atoms with van der Waals surface area (Å²) < 4.78 is 4.86. The van der Waals surface area contributed by atoms with Crippen LogP contribution in [0.5, 0.6) is 0 Å². The summed E-state index contributed by atoms with van der Waals surface area (Å²) in [7, 11) is 0. The quantitative estimate of drug-likeness (QED) is 0.364. The van der Waals surface area contributed by atoms with E-state index in [1.807, 2.05) is 11.6 Å². The molecule has 29 heavy (non-hydrogen) atoms. The Morgan fingerprint density at radius 3 is 2.48 bits per heavy atom. The van der Waals surface area contributed by atoms with Crippen LogP contribution in [0.25, 0.3) is 27.3 Å². The van der Waals surface area contributed by atoms with Crippen LogP contribution in [-0.4, -0.2) is 29.4 Å². The molecule has 0 aliphatic rings. The van der Waals surface area contributed by atoms with Crippen LogP contribution in [-0.2, 0) is 6.54 Å². The second kappa shape index (κ2) is 6.74. The lowest BCUT2D eigenvalue weighted by Crippen LogP contribution is -2.03. The smallest absolute Gasteiger partial charge is 0.182 e. The van der Waals surface area contributed by atoms with Gasteiger partial charge in [0.05, 0.1) is 27.8 Å². The van der Waals surface area contributed by atoms with Crippen molar-refractivity contribution in [2.75, 3.05) is 0 Å². The number of aromatic nitrogens is 6. The van der Waals surface area contributed by atoms with Gasteiger partial charge in [-0.1, -0.05) is 24.3 Å². The van der Waals surface area contributed by atoms with Crippen LogP contribution in [0.15, 0.2) is 35.1 Å². The first-order valence-corrected chi connectivity index (χ1v) is 10.9. The van der Waals surface area contributed by atoms with Gasteiger partial charge in [0.1, 0.15) is 11.2 Å². The summed E-state index contributed by atoms with van der Waals surface area (Å²) >= 11 is 5.29. The molecule has 8 heteroatoms. The fraction of sp³-hybridized carbons (Fsp3) is 0.238. The molecule has 0 aliphatic heterocycles. The van der Waals surface area contributed by atoms with Crippen molar-refractivity contribution in [2.24, 2.45) is 0 Å². The lowest BCUT2D eigenvalue weighted by atomic mass is 10.1. The average Bonchev–Trinajstić information content (AvgIpc) is 3.34. The molecule has 5 aromatic rings. The van der Waals surface area contributed by atoms with Gasteiger partial charge in [-0.05, 0) is 54.8 Å². The molecule has 0 saturated carbocycles. The van der Waals surface area contributed by atoms with E-state index in [2.05, 4.69) is 76.1 Å². The summed E-state index contributed by atoms with van der Waals surface area (Å²) in [5.41, 5.74) is 6.41. The van der Waals surface area contributed by atoms with E-state index in [1.165, 1.54) is 16.0 Å². The van der Waals surface area contributed by atoms with E-state index in [0.29, 0.717) is 5.82 Å². The molecule has 146 valence electrons. The van der Waals surface area contributed by atoms with Crippen LogP contribution in [0.4, 0.5) is 0 Å². The topological polar surface area (TPSA) is 60.9 Å². The van der Waals surface area contributed by atoms with Crippen LogP contribution in [0.3, 0.4) is 0 Å². The minimum Gasteiger partial charge on any atom is -0.264 e. The highest BCUT2D eigenvalue weighted by Crippen LogP contribution is 2.31. The first-order chi connectivity index (χ1) is 13.9. The van der Waals surface area contributed by atoms with E-state index >= 15 is 0 Å². The fourth-order valence-electron chi connectivity index (χ4n) is 3.53. The van der Waals surface area contributed by atoms with E-state index in [0.717, 1.165) is 43.8 Å². The molecule has 4 aromatic heterocycles. The first-order valence-electron chi connectivity index (χ1n) is 9.32. The molecule has 0 amide bonds. The van der Waals surface area contributed by atoms with E-state index < -0.39 is 0 Å². The molecule has 0 bridgehead atoms. The minimum absolute atomic E-state index is 0.711. The van der Waals surface area contributed by atoms with Gasteiger partial charge in [0, 0.05) is 10.4 Å². The van der Waals surface area contributed by atoms with Crippen molar-refractivity contribution < 1.29 is 0 Å². The Kier molecular flexibility index (Phi) is 4.29. The van der Waals surface area contributed by atoms with Gasteiger partial charge in [-0.2, -0.15) is 5.10 Å². The van der Waals surface area contributed by atoms with Crippen molar-refractivity contribution in [3.63, 3.8) is 0 Å². The van der Waals surface area contributed by atoms with E-state index in [-0.39, 0.29) is 0 Å². The molecule has 0 fully saturated rings. The highest BCUT2D eigenvalue weighted by atomic mass is 79.9. The fourth-order valence-corrected chi connectivity index (χ4v) is 4.80. The van der Waals surface area contributed by atoms with Crippen molar-refractivity contribution in [2.45, 2.75) is 34.2 Å². The van der Waals surface area contributed by atoms with Crippen molar-refractivity contribution in [3.05, 3.63) is 62.5 Å². The second-order valence-electron chi connectivity index (χ2n) is 7.25. The molecule has 6 nitrogen and oxygen atoms in total. The predicted molar refractivity (Wildman–Crippen MR) is 120 cm³/mol. The van der Waals surface area contributed by atoms with Gasteiger partial charge in [-0.25, -0.2) is 14.5 Å². The van der Waals surface area contributed by atoms with Gasteiger partial charge in [0.2, 0.25) is 0 Å². The highest BCUT2D eigenvalue weighted by molar-refractivity contribution is 9.10. The highest BCUT2D eigenvalue weighted by Gasteiger charge is 2.15. The number of thiophene rings is 1. The maximum atomic E-state index is 4.82. The molecule has 0 N–H and O–H groups in total. The average molecular weight is 467 g/mol. The summed E-state index contributed by atoms with van der Waals surface area (Å²) in [4.78, 5) is 11.6. The molecule has 0 radical (unpaired) electrons.